The number of benzene rings is 1. The van der Waals surface area contributed by atoms with Crippen molar-refractivity contribution in [1.82, 2.24) is 15.1 Å². The summed E-state index contributed by atoms with van der Waals surface area (Å²) in [7, 11) is 7.30. The van der Waals surface area contributed by atoms with Crippen LogP contribution >= 0.6 is 21.6 Å². The fourth-order valence-electron chi connectivity index (χ4n) is 4.81. The topological polar surface area (TPSA) is 225 Å². The van der Waals surface area contributed by atoms with Crippen molar-refractivity contribution < 1.29 is 34.1 Å². The number of aliphatic imine (C=N–C) groups is 1. The third kappa shape index (κ3) is 19.3. The number of carboxylic acid groups (broad SMARTS) is 2. The first-order chi connectivity index (χ1) is 22.8. The molecule has 0 aromatic heterocycles. The van der Waals surface area contributed by atoms with Gasteiger partial charge in [-0.25, -0.2) is 4.79 Å². The maximum atomic E-state index is 12.7. The molecule has 4 atom stereocenters. The molecular weight excluding hydrogens is 671 g/mol. The van der Waals surface area contributed by atoms with E-state index in [0.29, 0.717) is 38.6 Å². The highest BCUT2D eigenvalue weighted by molar-refractivity contribution is 8.77. The Morgan fingerprint density at radius 1 is 1.14 bits per heavy atom. The molecule has 2 fully saturated rings. The Morgan fingerprint density at radius 3 is 2.33 bits per heavy atom. The van der Waals surface area contributed by atoms with Crippen LogP contribution in [0.15, 0.2) is 35.3 Å². The van der Waals surface area contributed by atoms with E-state index in [1.165, 1.54) is 28.4 Å². The number of ether oxygens (including phenoxy) is 1. The average molecular weight is 728 g/mol. The second-order valence-electron chi connectivity index (χ2n) is 11.5. The van der Waals surface area contributed by atoms with Crippen LogP contribution in [0, 0.1) is 5.41 Å². The van der Waals surface area contributed by atoms with Gasteiger partial charge in [0, 0.05) is 38.1 Å². The lowest BCUT2D eigenvalue weighted by Crippen LogP contribution is -2.53. The minimum Gasteiger partial charge on any atom is -0.481 e. The molecule has 3 rings (SSSR count). The van der Waals surface area contributed by atoms with Crippen molar-refractivity contribution in [3.8, 4) is 0 Å². The fraction of sp³-hybridized carbons (Fsp3) is 0.636. The van der Waals surface area contributed by atoms with E-state index in [0.717, 1.165) is 23.7 Å². The van der Waals surface area contributed by atoms with Crippen LogP contribution in [-0.4, -0.2) is 112 Å². The lowest BCUT2D eigenvalue weighted by atomic mass is 10.0. The van der Waals surface area contributed by atoms with Gasteiger partial charge in [0.05, 0.1) is 12.6 Å². The van der Waals surface area contributed by atoms with Gasteiger partial charge in [-0.3, -0.25) is 25.1 Å². The Bertz CT molecular complexity index is 1180. The molecule has 0 bridgehead atoms. The van der Waals surface area contributed by atoms with Crippen molar-refractivity contribution >= 4 is 57.3 Å². The standard InChI is InChI=1S/C20H28N2O5.C8H14O2S2.C4H11N5.CH4/c1-3-27-20(26)16(12-11-15-8-5-4-6-9-15)21-14(2)18(23)22-13-7-10-17(22)19(24)25;9-8(10)4-2-1-3-7-5-6-11-12-7;1-9(2)4(7)8-3(5)6;/h4-6,8-9,14,16-17,21H,3,7,10-13H2,1-2H3,(H,24,25);7H,1-6H2,(H,9,10);1-2H3,(H5,5,6,7,8);1H4/t14-,16-,17-;7-;;/m01../s1. The number of carbonyl (C=O) groups excluding carboxylic acids is 2. The van der Waals surface area contributed by atoms with Gasteiger partial charge in [0.15, 0.2) is 5.96 Å². The van der Waals surface area contributed by atoms with Crippen molar-refractivity contribution in [3.05, 3.63) is 35.9 Å². The fourth-order valence-corrected chi connectivity index (χ4v) is 7.84. The molecule has 2 aliphatic rings. The highest BCUT2D eigenvalue weighted by Crippen LogP contribution is 2.39. The Morgan fingerprint density at radius 2 is 1.82 bits per heavy atom. The minimum absolute atomic E-state index is 0. The van der Waals surface area contributed by atoms with Gasteiger partial charge in [-0.2, -0.15) is 4.99 Å². The summed E-state index contributed by atoms with van der Waals surface area (Å²) >= 11 is 0. The Kier molecular flexibility index (Phi) is 23.6. The molecule has 49 heavy (non-hydrogen) atoms. The van der Waals surface area contributed by atoms with Crippen LogP contribution in [-0.2, 0) is 30.3 Å². The van der Waals surface area contributed by atoms with Crippen molar-refractivity contribution in [2.75, 3.05) is 33.0 Å². The summed E-state index contributed by atoms with van der Waals surface area (Å²) in [6.07, 6.45) is 7.05. The van der Waals surface area contributed by atoms with Crippen LogP contribution in [0.25, 0.3) is 0 Å². The summed E-state index contributed by atoms with van der Waals surface area (Å²) in [4.78, 5) is 52.9. The predicted octanol–water partition coefficient (Wildman–Crippen LogP) is 3.78. The Balaban J connectivity index is 0.000000863. The quantitative estimate of drug-likeness (QED) is 0.0528. The summed E-state index contributed by atoms with van der Waals surface area (Å²) in [6, 6.07) is 7.69. The van der Waals surface area contributed by atoms with Crippen LogP contribution in [0.4, 0.5) is 0 Å². The van der Waals surface area contributed by atoms with E-state index in [9.17, 15) is 24.3 Å². The molecule has 1 amide bonds. The van der Waals surface area contributed by atoms with Crippen molar-refractivity contribution in [2.45, 2.75) is 102 Å². The lowest BCUT2D eigenvalue weighted by molar-refractivity contribution is -0.150. The number of nitrogens with two attached hydrogens (primary N) is 2. The van der Waals surface area contributed by atoms with Gasteiger partial charge in [-0.15, -0.1) is 0 Å². The first-order valence-electron chi connectivity index (χ1n) is 16.1. The van der Waals surface area contributed by atoms with Gasteiger partial charge in [-0.05, 0) is 64.4 Å². The number of amides is 1. The summed E-state index contributed by atoms with van der Waals surface area (Å²) in [6.45, 7) is 4.09. The second kappa shape index (κ2) is 25.5. The van der Waals surface area contributed by atoms with Gasteiger partial charge in [0.1, 0.15) is 12.1 Å². The first-order valence-corrected chi connectivity index (χ1v) is 18.5. The average Bonchev–Trinajstić information content (AvgIpc) is 3.75. The van der Waals surface area contributed by atoms with Crippen LogP contribution in [0.5, 0.6) is 0 Å². The third-order valence-electron chi connectivity index (χ3n) is 7.33. The van der Waals surface area contributed by atoms with Crippen LogP contribution in [0.1, 0.15) is 78.2 Å². The number of esters is 1. The number of likely N-dealkylation sites (tertiary alicyclic amines) is 1. The highest BCUT2D eigenvalue weighted by atomic mass is 33.1. The number of guanidine groups is 2. The zero-order valence-corrected chi connectivity index (χ0v) is 30.1. The molecule has 0 radical (unpaired) electrons. The van der Waals surface area contributed by atoms with E-state index in [1.54, 1.807) is 27.9 Å². The van der Waals surface area contributed by atoms with E-state index in [2.05, 4.69) is 10.3 Å². The van der Waals surface area contributed by atoms with E-state index >= 15 is 0 Å². The lowest BCUT2D eigenvalue weighted by Gasteiger charge is -2.27. The number of hydrogen-bond acceptors (Lipinski definition) is 9. The predicted molar refractivity (Wildman–Crippen MR) is 199 cm³/mol. The molecular formula is C33H57N7O7S2. The van der Waals surface area contributed by atoms with Crippen LogP contribution in [0.3, 0.4) is 0 Å². The van der Waals surface area contributed by atoms with Crippen molar-refractivity contribution in [2.24, 2.45) is 16.5 Å². The molecule has 0 saturated carbocycles. The van der Waals surface area contributed by atoms with Gasteiger partial charge >= 0.3 is 17.9 Å². The molecule has 8 N–H and O–H groups in total. The van der Waals surface area contributed by atoms with Crippen LogP contribution in [0.2, 0.25) is 0 Å². The summed E-state index contributed by atoms with van der Waals surface area (Å²) in [5.41, 5.74) is 11.1. The number of nitrogens with zero attached hydrogens (tertiary/aromatic N) is 3. The molecule has 0 spiro atoms. The molecule has 0 unspecified atom stereocenters. The molecule has 16 heteroatoms. The molecule has 2 heterocycles. The molecule has 2 aliphatic heterocycles. The Hall–Kier alpha value is -3.50. The number of carboxylic acids is 2. The number of aryl methyl sites for hydroxylation is 1. The molecule has 2 saturated heterocycles. The third-order valence-corrected chi connectivity index (χ3v) is 10.3. The zero-order chi connectivity index (χ0) is 36.1. The normalized spacial score (nSPS) is 17.4. The summed E-state index contributed by atoms with van der Waals surface area (Å²) in [5, 5.41) is 28.6. The van der Waals surface area contributed by atoms with Crippen LogP contribution < -0.4 is 16.8 Å². The largest absolute Gasteiger partial charge is 0.481 e. The Labute approximate surface area is 299 Å². The van der Waals surface area contributed by atoms with Crippen molar-refractivity contribution in [1.29, 1.82) is 5.41 Å². The number of nitrogens with one attached hydrogen (secondary N) is 2. The first kappa shape index (κ1) is 45.5. The molecule has 1 aromatic carbocycles. The second-order valence-corrected chi connectivity index (χ2v) is 14.3. The summed E-state index contributed by atoms with van der Waals surface area (Å²) in [5.74, 6) is -1.11. The number of rotatable bonds is 14. The number of unbranched alkanes of at least 4 members (excludes halogenated alkanes) is 1. The van der Waals surface area contributed by atoms with Gasteiger partial charge < -0.3 is 36.2 Å². The summed E-state index contributed by atoms with van der Waals surface area (Å²) < 4.78 is 5.14. The molecule has 278 valence electrons. The molecule has 0 aliphatic carbocycles. The highest BCUT2D eigenvalue weighted by Gasteiger charge is 2.37. The zero-order valence-electron chi connectivity index (χ0n) is 28.4. The SMILES string of the molecule is C.CCOC(=O)[C@H](CCc1ccccc1)N[C@@H](C)C(=O)N1CCC[C@H]1C(=O)O.CN(C)C(=N)N=C(N)N.O=C(O)CCCC[C@@H]1CCSS1. The monoisotopic (exact) mass is 727 g/mol. The van der Waals surface area contributed by atoms with Gasteiger partial charge in [0.2, 0.25) is 11.9 Å². The number of carbonyl (C=O) groups is 4. The number of aliphatic carboxylic acids is 2. The number of hydrogen-bond donors (Lipinski definition) is 6. The van der Waals surface area contributed by atoms with Crippen molar-refractivity contribution in [3.63, 3.8) is 0 Å². The smallest absolute Gasteiger partial charge is 0.326 e. The van der Waals surface area contributed by atoms with Gasteiger partial charge in [0.25, 0.3) is 0 Å². The molecule has 1 aromatic rings. The van der Waals surface area contributed by atoms with E-state index < -0.39 is 36.0 Å². The molecule has 14 nitrogen and oxygen atoms in total. The van der Waals surface area contributed by atoms with E-state index in [-0.39, 0.29) is 31.9 Å². The minimum atomic E-state index is -0.987. The van der Waals surface area contributed by atoms with Gasteiger partial charge in [-0.1, -0.05) is 65.8 Å². The maximum absolute atomic E-state index is 12.7. The van der Waals surface area contributed by atoms with E-state index in [4.69, 9.17) is 26.7 Å². The van der Waals surface area contributed by atoms with E-state index in [1.807, 2.05) is 51.9 Å². The maximum Gasteiger partial charge on any atom is 0.326 e.